The highest BCUT2D eigenvalue weighted by atomic mass is 35.5. The molecule has 1 aliphatic carbocycles. The summed E-state index contributed by atoms with van der Waals surface area (Å²) in [6.07, 6.45) is 5.40. The summed E-state index contributed by atoms with van der Waals surface area (Å²) in [6, 6.07) is 7.33. The van der Waals surface area contributed by atoms with Crippen LogP contribution in [0.2, 0.25) is 5.02 Å². The predicted molar refractivity (Wildman–Crippen MR) is 69.7 cm³/mol. The van der Waals surface area contributed by atoms with Crippen LogP contribution < -0.4 is 4.74 Å². The zero-order valence-electron chi connectivity index (χ0n) is 9.88. The van der Waals surface area contributed by atoms with Crippen LogP contribution in [-0.2, 0) is 4.79 Å². The van der Waals surface area contributed by atoms with Crippen LogP contribution in [0.3, 0.4) is 0 Å². The molecule has 0 N–H and O–H groups in total. The number of ether oxygens (including phenoxy) is 1. The lowest BCUT2D eigenvalue weighted by atomic mass is 10.2. The molecule has 1 amide bonds. The maximum Gasteiger partial charge on any atom is 0.261 e. The highest BCUT2D eigenvalue weighted by Crippen LogP contribution is 2.31. The molecule has 2 bridgehead atoms. The molecule has 1 aromatic carbocycles. The molecule has 1 fully saturated rings. The van der Waals surface area contributed by atoms with Crippen molar-refractivity contribution in [2.75, 3.05) is 13.2 Å². The molecule has 0 aromatic heterocycles. The first-order valence-corrected chi connectivity index (χ1v) is 6.46. The molecule has 18 heavy (non-hydrogen) atoms. The van der Waals surface area contributed by atoms with Gasteiger partial charge in [-0.05, 0) is 36.6 Å². The Morgan fingerprint density at radius 2 is 2.11 bits per heavy atom. The standard InChI is InChI=1S/C14H14ClNO2/c15-11-2-5-13(6-3-11)18-9-14(17)16-8-10-1-4-12(16)7-10/h1-6,10,12H,7-9H2. The van der Waals surface area contributed by atoms with Gasteiger partial charge in [-0.2, -0.15) is 0 Å². The van der Waals surface area contributed by atoms with Gasteiger partial charge in [-0.1, -0.05) is 23.8 Å². The molecule has 3 rings (SSSR count). The lowest BCUT2D eigenvalue weighted by molar-refractivity contribution is -0.133. The quantitative estimate of drug-likeness (QED) is 0.785. The molecule has 1 aliphatic heterocycles. The van der Waals surface area contributed by atoms with Gasteiger partial charge in [0, 0.05) is 11.6 Å². The molecular formula is C14H14ClNO2. The highest BCUT2D eigenvalue weighted by molar-refractivity contribution is 6.30. The molecular weight excluding hydrogens is 250 g/mol. The summed E-state index contributed by atoms with van der Waals surface area (Å²) in [4.78, 5) is 13.9. The first-order valence-electron chi connectivity index (χ1n) is 6.08. The van der Waals surface area contributed by atoms with E-state index in [0.717, 1.165) is 13.0 Å². The largest absolute Gasteiger partial charge is 0.484 e. The Balaban J connectivity index is 1.56. The predicted octanol–water partition coefficient (Wildman–Crippen LogP) is 2.51. The summed E-state index contributed by atoms with van der Waals surface area (Å²) < 4.78 is 5.47. The minimum absolute atomic E-state index is 0.0572. The molecule has 1 heterocycles. The Labute approximate surface area is 111 Å². The summed E-state index contributed by atoms with van der Waals surface area (Å²) in [5.41, 5.74) is 0. The number of likely N-dealkylation sites (tertiary alicyclic amines) is 1. The molecule has 0 saturated carbocycles. The summed E-state index contributed by atoms with van der Waals surface area (Å²) in [6.45, 7) is 0.933. The third kappa shape index (κ3) is 2.23. The minimum atomic E-state index is 0.0572. The molecule has 3 nitrogen and oxygen atoms in total. The second-order valence-electron chi connectivity index (χ2n) is 4.74. The Kier molecular flexibility index (Phi) is 3.00. The van der Waals surface area contributed by atoms with Gasteiger partial charge in [-0.3, -0.25) is 4.79 Å². The van der Waals surface area contributed by atoms with Gasteiger partial charge in [0.05, 0.1) is 6.04 Å². The third-order valence-corrected chi connectivity index (χ3v) is 3.73. The second kappa shape index (κ2) is 4.65. The van der Waals surface area contributed by atoms with Crippen molar-refractivity contribution < 1.29 is 9.53 Å². The summed E-state index contributed by atoms with van der Waals surface area (Å²) in [7, 11) is 0. The van der Waals surface area contributed by atoms with E-state index in [4.69, 9.17) is 16.3 Å². The first-order chi connectivity index (χ1) is 8.72. The number of nitrogens with zero attached hydrogens (tertiary/aromatic N) is 1. The lowest BCUT2D eigenvalue weighted by Crippen LogP contribution is -2.39. The van der Waals surface area contributed by atoms with Crippen LogP contribution in [0.15, 0.2) is 36.4 Å². The van der Waals surface area contributed by atoms with Gasteiger partial charge in [-0.25, -0.2) is 0 Å². The molecule has 4 heteroatoms. The number of fused-ring (bicyclic) bond motifs is 2. The van der Waals surface area contributed by atoms with E-state index in [2.05, 4.69) is 12.2 Å². The number of hydrogen-bond donors (Lipinski definition) is 0. The summed E-state index contributed by atoms with van der Waals surface area (Å²) >= 11 is 5.78. The van der Waals surface area contributed by atoms with Crippen molar-refractivity contribution in [1.29, 1.82) is 0 Å². The van der Waals surface area contributed by atoms with Gasteiger partial charge >= 0.3 is 0 Å². The fraction of sp³-hybridized carbons (Fsp3) is 0.357. The zero-order chi connectivity index (χ0) is 12.5. The van der Waals surface area contributed by atoms with E-state index in [1.807, 2.05) is 4.90 Å². The van der Waals surface area contributed by atoms with Crippen molar-refractivity contribution in [3.05, 3.63) is 41.4 Å². The minimum Gasteiger partial charge on any atom is -0.484 e. The van der Waals surface area contributed by atoms with E-state index in [0.29, 0.717) is 16.7 Å². The van der Waals surface area contributed by atoms with Crippen molar-refractivity contribution >= 4 is 17.5 Å². The number of carbonyl (C=O) groups excluding carboxylic acids is 1. The van der Waals surface area contributed by atoms with Gasteiger partial charge in [0.25, 0.3) is 5.91 Å². The molecule has 2 unspecified atom stereocenters. The van der Waals surface area contributed by atoms with Gasteiger partial charge in [0.2, 0.25) is 0 Å². The molecule has 0 spiro atoms. The van der Waals surface area contributed by atoms with Gasteiger partial charge in [0.1, 0.15) is 5.75 Å². The Hall–Kier alpha value is -1.48. The van der Waals surface area contributed by atoms with E-state index in [9.17, 15) is 4.79 Å². The fourth-order valence-electron chi connectivity index (χ4n) is 2.55. The fourth-order valence-corrected chi connectivity index (χ4v) is 2.68. The Morgan fingerprint density at radius 1 is 1.33 bits per heavy atom. The third-order valence-electron chi connectivity index (χ3n) is 3.48. The van der Waals surface area contributed by atoms with Gasteiger partial charge in [-0.15, -0.1) is 0 Å². The first kappa shape index (κ1) is 11.6. The maximum absolute atomic E-state index is 12.0. The summed E-state index contributed by atoms with van der Waals surface area (Å²) in [5, 5.41) is 0.663. The van der Waals surface area contributed by atoms with E-state index >= 15 is 0 Å². The number of amides is 1. The van der Waals surface area contributed by atoms with E-state index in [-0.39, 0.29) is 18.6 Å². The molecule has 2 atom stereocenters. The summed E-state index contributed by atoms with van der Waals surface area (Å²) in [5.74, 6) is 1.28. The second-order valence-corrected chi connectivity index (χ2v) is 5.17. The molecule has 94 valence electrons. The maximum atomic E-state index is 12.0. The van der Waals surface area contributed by atoms with Crippen molar-refractivity contribution in [3.8, 4) is 5.75 Å². The highest BCUT2D eigenvalue weighted by Gasteiger charge is 2.36. The molecule has 0 radical (unpaired) electrons. The number of carbonyl (C=O) groups is 1. The molecule has 1 aromatic rings. The number of halogens is 1. The Morgan fingerprint density at radius 3 is 2.72 bits per heavy atom. The number of rotatable bonds is 3. The number of benzene rings is 1. The van der Waals surface area contributed by atoms with Crippen LogP contribution in [0.5, 0.6) is 5.75 Å². The van der Waals surface area contributed by atoms with Crippen LogP contribution in [0.1, 0.15) is 6.42 Å². The monoisotopic (exact) mass is 263 g/mol. The van der Waals surface area contributed by atoms with E-state index < -0.39 is 0 Å². The average Bonchev–Trinajstić information content (AvgIpc) is 3.00. The van der Waals surface area contributed by atoms with E-state index in [1.165, 1.54) is 0 Å². The van der Waals surface area contributed by atoms with Crippen LogP contribution in [0.25, 0.3) is 0 Å². The van der Waals surface area contributed by atoms with Gasteiger partial charge in [0.15, 0.2) is 6.61 Å². The van der Waals surface area contributed by atoms with Crippen molar-refractivity contribution in [1.82, 2.24) is 4.90 Å². The van der Waals surface area contributed by atoms with Crippen molar-refractivity contribution in [3.63, 3.8) is 0 Å². The van der Waals surface area contributed by atoms with Crippen molar-refractivity contribution in [2.24, 2.45) is 5.92 Å². The zero-order valence-corrected chi connectivity index (χ0v) is 10.6. The van der Waals surface area contributed by atoms with E-state index in [1.54, 1.807) is 24.3 Å². The SMILES string of the molecule is O=C(COc1ccc(Cl)cc1)N1CC2C=CC1C2. The normalized spacial score (nSPS) is 24.6. The van der Waals surface area contributed by atoms with Crippen LogP contribution >= 0.6 is 11.6 Å². The Bertz CT molecular complexity index is 483. The van der Waals surface area contributed by atoms with Crippen LogP contribution in [-0.4, -0.2) is 30.0 Å². The van der Waals surface area contributed by atoms with Gasteiger partial charge < -0.3 is 9.64 Å². The number of hydrogen-bond acceptors (Lipinski definition) is 2. The van der Waals surface area contributed by atoms with Crippen LogP contribution in [0.4, 0.5) is 0 Å². The van der Waals surface area contributed by atoms with Crippen LogP contribution in [0, 0.1) is 5.92 Å². The molecule has 2 aliphatic rings. The average molecular weight is 264 g/mol. The lowest BCUT2D eigenvalue weighted by Gasteiger charge is -2.23. The van der Waals surface area contributed by atoms with Crippen molar-refractivity contribution in [2.45, 2.75) is 12.5 Å². The molecule has 1 saturated heterocycles. The smallest absolute Gasteiger partial charge is 0.261 e. The topological polar surface area (TPSA) is 29.5 Å².